The Balaban J connectivity index is 2.24. The van der Waals surface area contributed by atoms with Gasteiger partial charge in [-0.25, -0.2) is 0 Å². The Hall–Kier alpha value is -1.61. The molecule has 1 unspecified atom stereocenters. The van der Waals surface area contributed by atoms with Gasteiger partial charge in [-0.15, -0.1) is 0 Å². The van der Waals surface area contributed by atoms with Gasteiger partial charge >= 0.3 is 0 Å². The average molecular weight is 243 g/mol. The predicted octanol–water partition coefficient (Wildman–Crippen LogP) is 2.59. The molecule has 0 saturated carbocycles. The molecule has 0 bridgehead atoms. The van der Waals surface area contributed by atoms with E-state index in [9.17, 15) is 0 Å². The summed E-state index contributed by atoms with van der Waals surface area (Å²) in [6.45, 7) is 6.30. The summed E-state index contributed by atoms with van der Waals surface area (Å²) in [5.74, 6) is 0. The van der Waals surface area contributed by atoms with Crippen LogP contribution in [0.5, 0.6) is 0 Å². The van der Waals surface area contributed by atoms with Gasteiger partial charge in [0.2, 0.25) is 0 Å². The van der Waals surface area contributed by atoms with Gasteiger partial charge in [0.25, 0.3) is 0 Å². The molecule has 0 saturated heterocycles. The van der Waals surface area contributed by atoms with Crippen molar-refractivity contribution in [2.75, 3.05) is 0 Å². The van der Waals surface area contributed by atoms with Crippen LogP contribution in [0.4, 0.5) is 0 Å². The van der Waals surface area contributed by atoms with E-state index in [0.717, 1.165) is 17.7 Å². The van der Waals surface area contributed by atoms with Crippen molar-refractivity contribution in [1.29, 1.82) is 0 Å². The van der Waals surface area contributed by atoms with Crippen molar-refractivity contribution in [3.63, 3.8) is 0 Å². The summed E-state index contributed by atoms with van der Waals surface area (Å²) in [4.78, 5) is 0. The number of aryl methyl sites for hydroxylation is 4. The molecule has 3 nitrogen and oxygen atoms in total. The molecule has 0 fully saturated rings. The third-order valence-corrected chi connectivity index (χ3v) is 3.27. The normalized spacial score (nSPS) is 12.7. The molecular formula is C15H21N3. The number of rotatable bonds is 3. The van der Waals surface area contributed by atoms with Crippen LogP contribution in [-0.2, 0) is 13.5 Å². The fraction of sp³-hybridized carbons (Fsp3) is 0.400. The van der Waals surface area contributed by atoms with E-state index in [-0.39, 0.29) is 6.04 Å². The van der Waals surface area contributed by atoms with E-state index in [2.05, 4.69) is 44.1 Å². The van der Waals surface area contributed by atoms with E-state index < -0.39 is 0 Å². The lowest BCUT2D eigenvalue weighted by Crippen LogP contribution is -2.18. The lowest BCUT2D eigenvalue weighted by molar-refractivity contribution is 0.614. The number of benzene rings is 1. The molecule has 18 heavy (non-hydrogen) atoms. The highest BCUT2D eigenvalue weighted by Crippen LogP contribution is 2.20. The summed E-state index contributed by atoms with van der Waals surface area (Å²) in [6.07, 6.45) is 2.72. The van der Waals surface area contributed by atoms with Gasteiger partial charge < -0.3 is 5.73 Å². The summed E-state index contributed by atoms with van der Waals surface area (Å²) in [6, 6.07) is 6.60. The highest BCUT2D eigenvalue weighted by molar-refractivity contribution is 5.30. The highest BCUT2D eigenvalue weighted by atomic mass is 15.3. The van der Waals surface area contributed by atoms with Crippen molar-refractivity contribution >= 4 is 0 Å². The zero-order valence-corrected chi connectivity index (χ0v) is 11.6. The summed E-state index contributed by atoms with van der Waals surface area (Å²) >= 11 is 0. The maximum Gasteiger partial charge on any atom is 0.0580 e. The van der Waals surface area contributed by atoms with Gasteiger partial charge in [0.1, 0.15) is 0 Å². The maximum absolute atomic E-state index is 6.31. The van der Waals surface area contributed by atoms with Crippen LogP contribution < -0.4 is 5.73 Å². The van der Waals surface area contributed by atoms with Gasteiger partial charge in [0, 0.05) is 7.05 Å². The lowest BCUT2D eigenvalue weighted by Gasteiger charge is -2.14. The maximum atomic E-state index is 6.31. The summed E-state index contributed by atoms with van der Waals surface area (Å²) in [5, 5.41) is 4.25. The topological polar surface area (TPSA) is 43.8 Å². The first-order valence-electron chi connectivity index (χ1n) is 6.28. The first-order valence-corrected chi connectivity index (χ1v) is 6.28. The molecule has 2 rings (SSSR count). The lowest BCUT2D eigenvalue weighted by atomic mass is 9.99. The van der Waals surface area contributed by atoms with E-state index in [4.69, 9.17) is 5.73 Å². The first-order chi connectivity index (χ1) is 8.47. The molecule has 0 aliphatic carbocycles. The first kappa shape index (κ1) is 12.8. The van der Waals surface area contributed by atoms with E-state index in [1.54, 1.807) is 0 Å². The number of hydrogen-bond donors (Lipinski definition) is 1. The van der Waals surface area contributed by atoms with Crippen molar-refractivity contribution in [3.05, 3.63) is 52.3 Å². The van der Waals surface area contributed by atoms with Crippen LogP contribution in [0.3, 0.4) is 0 Å². The Morgan fingerprint density at radius 2 is 1.78 bits per heavy atom. The van der Waals surface area contributed by atoms with Crippen LogP contribution >= 0.6 is 0 Å². The third kappa shape index (κ3) is 2.62. The SMILES string of the molecule is Cc1cc(C)cc(CC(N)c2c(C)cnn2C)c1. The Bertz CT molecular complexity index is 515. The number of nitrogens with zero attached hydrogens (tertiary/aromatic N) is 2. The van der Waals surface area contributed by atoms with Gasteiger partial charge in [0.05, 0.1) is 17.9 Å². The molecule has 2 N–H and O–H groups in total. The molecule has 1 atom stereocenters. The molecule has 0 spiro atoms. The number of nitrogens with two attached hydrogens (primary N) is 1. The van der Waals surface area contributed by atoms with Crippen LogP contribution in [0.2, 0.25) is 0 Å². The van der Waals surface area contributed by atoms with Crippen LogP contribution in [-0.4, -0.2) is 9.78 Å². The van der Waals surface area contributed by atoms with Gasteiger partial charge in [-0.05, 0) is 38.3 Å². The molecule has 0 amide bonds. The zero-order chi connectivity index (χ0) is 13.3. The minimum absolute atomic E-state index is 0.00120. The second kappa shape index (κ2) is 4.94. The average Bonchev–Trinajstić information content (AvgIpc) is 2.56. The van der Waals surface area contributed by atoms with Crippen molar-refractivity contribution in [2.45, 2.75) is 33.2 Å². The summed E-state index contributed by atoms with van der Waals surface area (Å²) in [5.41, 5.74) is 12.5. The Morgan fingerprint density at radius 1 is 1.17 bits per heavy atom. The molecule has 3 heteroatoms. The van der Waals surface area contributed by atoms with Crippen molar-refractivity contribution < 1.29 is 0 Å². The Labute approximate surface area is 109 Å². The second-order valence-corrected chi connectivity index (χ2v) is 5.14. The van der Waals surface area contributed by atoms with Crippen LogP contribution in [0, 0.1) is 20.8 Å². The molecule has 0 aliphatic rings. The minimum atomic E-state index is -0.00120. The second-order valence-electron chi connectivity index (χ2n) is 5.14. The smallest absolute Gasteiger partial charge is 0.0580 e. The molecule has 0 radical (unpaired) electrons. The molecule has 1 aromatic carbocycles. The van der Waals surface area contributed by atoms with E-state index in [1.807, 2.05) is 17.9 Å². The number of hydrogen-bond acceptors (Lipinski definition) is 2. The molecule has 1 aromatic heterocycles. The van der Waals surface area contributed by atoms with Crippen molar-refractivity contribution in [2.24, 2.45) is 12.8 Å². The van der Waals surface area contributed by atoms with Gasteiger partial charge in [-0.3, -0.25) is 4.68 Å². The molecule has 2 aromatic rings. The predicted molar refractivity (Wildman–Crippen MR) is 74.5 cm³/mol. The molecule has 1 heterocycles. The van der Waals surface area contributed by atoms with E-state index in [0.29, 0.717) is 0 Å². The van der Waals surface area contributed by atoms with Crippen molar-refractivity contribution in [3.8, 4) is 0 Å². The minimum Gasteiger partial charge on any atom is -0.322 e. The van der Waals surface area contributed by atoms with Crippen LogP contribution in [0.25, 0.3) is 0 Å². The summed E-state index contributed by atoms with van der Waals surface area (Å²) < 4.78 is 1.88. The van der Waals surface area contributed by atoms with Crippen molar-refractivity contribution in [1.82, 2.24) is 9.78 Å². The fourth-order valence-electron chi connectivity index (χ4n) is 2.63. The molecule has 0 aliphatic heterocycles. The van der Waals surface area contributed by atoms with E-state index >= 15 is 0 Å². The Kier molecular flexibility index (Phi) is 3.53. The molecular weight excluding hydrogens is 222 g/mol. The van der Waals surface area contributed by atoms with Crippen LogP contribution in [0.1, 0.15) is 34.0 Å². The number of aromatic nitrogens is 2. The monoisotopic (exact) mass is 243 g/mol. The van der Waals surface area contributed by atoms with Gasteiger partial charge in [-0.2, -0.15) is 5.10 Å². The Morgan fingerprint density at radius 3 is 2.28 bits per heavy atom. The zero-order valence-electron chi connectivity index (χ0n) is 11.6. The van der Waals surface area contributed by atoms with Crippen LogP contribution in [0.15, 0.2) is 24.4 Å². The largest absolute Gasteiger partial charge is 0.322 e. The summed E-state index contributed by atoms with van der Waals surface area (Å²) in [7, 11) is 1.95. The highest BCUT2D eigenvalue weighted by Gasteiger charge is 2.14. The molecule has 96 valence electrons. The third-order valence-electron chi connectivity index (χ3n) is 3.27. The standard InChI is InChI=1S/C15H21N3/c1-10-5-11(2)7-13(6-10)8-14(16)15-12(3)9-17-18(15)4/h5-7,9,14H,8,16H2,1-4H3. The van der Waals surface area contributed by atoms with Gasteiger partial charge in [-0.1, -0.05) is 29.3 Å². The van der Waals surface area contributed by atoms with Gasteiger partial charge in [0.15, 0.2) is 0 Å². The quantitative estimate of drug-likeness (QED) is 0.900. The fourth-order valence-corrected chi connectivity index (χ4v) is 2.63. The van der Waals surface area contributed by atoms with E-state index in [1.165, 1.54) is 16.7 Å².